The third-order valence-electron chi connectivity index (χ3n) is 3.18. The maximum atomic E-state index is 13.8. The van der Waals surface area contributed by atoms with Crippen molar-refractivity contribution in [2.45, 2.75) is 5.92 Å². The molecule has 1 heterocycles. The topological polar surface area (TPSA) is 40.5 Å². The van der Waals surface area contributed by atoms with E-state index in [1.807, 2.05) is 11.9 Å². The van der Waals surface area contributed by atoms with E-state index in [0.717, 1.165) is 4.47 Å². The van der Waals surface area contributed by atoms with Crippen LogP contribution < -0.4 is 0 Å². The van der Waals surface area contributed by atoms with Crippen molar-refractivity contribution < 1.29 is 14.3 Å². The van der Waals surface area contributed by atoms with Gasteiger partial charge >= 0.3 is 5.97 Å². The fraction of sp³-hybridized carbons (Fsp3) is 0.417. The monoisotopic (exact) mass is 301 g/mol. The molecule has 0 aliphatic carbocycles. The number of nitrogens with zero attached hydrogens (tertiary/aromatic N) is 1. The molecule has 0 aromatic heterocycles. The lowest BCUT2D eigenvalue weighted by atomic mass is 9.89. The highest BCUT2D eigenvalue weighted by Crippen LogP contribution is 2.34. The lowest BCUT2D eigenvalue weighted by Crippen LogP contribution is -2.22. The first-order valence-electron chi connectivity index (χ1n) is 5.35. The van der Waals surface area contributed by atoms with Crippen molar-refractivity contribution in [2.75, 3.05) is 20.1 Å². The van der Waals surface area contributed by atoms with Crippen molar-refractivity contribution in [3.63, 3.8) is 0 Å². The lowest BCUT2D eigenvalue weighted by molar-refractivity contribution is -0.141. The van der Waals surface area contributed by atoms with Crippen LogP contribution in [0.4, 0.5) is 4.39 Å². The summed E-state index contributed by atoms with van der Waals surface area (Å²) in [6.07, 6.45) is 0. The zero-order chi connectivity index (χ0) is 12.6. The maximum Gasteiger partial charge on any atom is 0.308 e. The van der Waals surface area contributed by atoms with Crippen LogP contribution in [0.3, 0.4) is 0 Å². The molecule has 0 bridgehead atoms. The van der Waals surface area contributed by atoms with Crippen molar-refractivity contribution >= 4 is 21.9 Å². The smallest absolute Gasteiger partial charge is 0.308 e. The minimum atomic E-state index is -0.862. The van der Waals surface area contributed by atoms with Crippen molar-refractivity contribution in [3.8, 4) is 0 Å². The summed E-state index contributed by atoms with van der Waals surface area (Å²) in [6.45, 7) is 1.04. The third-order valence-corrected chi connectivity index (χ3v) is 3.67. The number of likely N-dealkylation sites (tertiary alicyclic amines) is 1. The number of carboxylic acid groups (broad SMARTS) is 1. The van der Waals surface area contributed by atoms with Crippen LogP contribution in [0.5, 0.6) is 0 Å². The summed E-state index contributed by atoms with van der Waals surface area (Å²) in [4.78, 5) is 13.1. The van der Waals surface area contributed by atoms with E-state index in [0.29, 0.717) is 18.7 Å². The van der Waals surface area contributed by atoms with Crippen LogP contribution in [0, 0.1) is 11.7 Å². The second-order valence-corrected chi connectivity index (χ2v) is 5.35. The molecule has 1 saturated heterocycles. The fourth-order valence-electron chi connectivity index (χ4n) is 2.36. The second kappa shape index (κ2) is 4.74. The summed E-state index contributed by atoms with van der Waals surface area (Å²) in [6, 6.07) is 4.67. The van der Waals surface area contributed by atoms with Gasteiger partial charge < -0.3 is 10.0 Å². The first kappa shape index (κ1) is 12.5. The molecular weight excluding hydrogens is 289 g/mol. The van der Waals surface area contributed by atoms with Crippen molar-refractivity contribution in [3.05, 3.63) is 34.1 Å². The van der Waals surface area contributed by atoms with Crippen LogP contribution in [0.2, 0.25) is 0 Å². The van der Waals surface area contributed by atoms with Gasteiger partial charge in [0.1, 0.15) is 5.82 Å². The summed E-state index contributed by atoms with van der Waals surface area (Å²) >= 11 is 3.29. The Labute approximate surface area is 107 Å². The molecule has 1 fully saturated rings. The predicted octanol–water partition coefficient (Wildman–Crippen LogP) is 2.32. The molecule has 2 unspecified atom stereocenters. The summed E-state index contributed by atoms with van der Waals surface area (Å²) in [5.74, 6) is -2.02. The predicted molar refractivity (Wildman–Crippen MR) is 65.5 cm³/mol. The lowest BCUT2D eigenvalue weighted by Gasteiger charge is -2.16. The van der Waals surface area contributed by atoms with Gasteiger partial charge in [-0.25, -0.2) is 4.39 Å². The molecule has 17 heavy (non-hydrogen) atoms. The van der Waals surface area contributed by atoms with Gasteiger partial charge in [-0.05, 0) is 30.8 Å². The van der Waals surface area contributed by atoms with Crippen LogP contribution in [-0.2, 0) is 4.79 Å². The number of benzene rings is 1. The Morgan fingerprint density at radius 1 is 1.53 bits per heavy atom. The number of aliphatic carboxylic acids is 1. The highest BCUT2D eigenvalue weighted by Gasteiger charge is 2.38. The Morgan fingerprint density at radius 3 is 2.88 bits per heavy atom. The van der Waals surface area contributed by atoms with Gasteiger partial charge in [-0.1, -0.05) is 15.9 Å². The standard InChI is InChI=1S/C12H13BrFNO2/c1-15-5-9(10(6-15)12(16)17)8-4-7(13)2-3-11(8)14/h2-4,9-10H,5-6H2,1H3,(H,16,17). The minimum absolute atomic E-state index is 0.282. The number of halogens is 2. The molecule has 2 atom stereocenters. The Kier molecular flexibility index (Phi) is 3.49. The largest absolute Gasteiger partial charge is 0.481 e. The van der Waals surface area contributed by atoms with Gasteiger partial charge in [0.15, 0.2) is 0 Å². The molecule has 2 rings (SSSR count). The van der Waals surface area contributed by atoms with Crippen molar-refractivity contribution in [1.29, 1.82) is 0 Å². The van der Waals surface area contributed by atoms with E-state index in [-0.39, 0.29) is 11.7 Å². The second-order valence-electron chi connectivity index (χ2n) is 4.44. The quantitative estimate of drug-likeness (QED) is 0.911. The highest BCUT2D eigenvalue weighted by atomic mass is 79.9. The zero-order valence-electron chi connectivity index (χ0n) is 9.36. The van der Waals surface area contributed by atoms with Crippen molar-refractivity contribution in [1.82, 2.24) is 4.90 Å². The summed E-state index contributed by atoms with van der Waals surface area (Å²) in [7, 11) is 1.85. The van der Waals surface area contributed by atoms with E-state index in [1.54, 1.807) is 12.1 Å². The molecule has 1 N–H and O–H groups in total. The number of hydrogen-bond donors (Lipinski definition) is 1. The van der Waals surface area contributed by atoms with E-state index in [1.165, 1.54) is 6.07 Å². The normalized spacial score (nSPS) is 25.1. The van der Waals surface area contributed by atoms with Gasteiger partial charge in [0, 0.05) is 23.5 Å². The van der Waals surface area contributed by atoms with Gasteiger partial charge in [-0.2, -0.15) is 0 Å². The number of likely N-dealkylation sites (N-methyl/N-ethyl adjacent to an activating group) is 1. The summed E-state index contributed by atoms with van der Waals surface area (Å²) in [5.41, 5.74) is 0.483. The minimum Gasteiger partial charge on any atom is -0.481 e. The van der Waals surface area contributed by atoms with Crippen LogP contribution >= 0.6 is 15.9 Å². The van der Waals surface area contributed by atoms with E-state index >= 15 is 0 Å². The average molecular weight is 302 g/mol. The van der Waals surface area contributed by atoms with Gasteiger partial charge in [0.05, 0.1) is 5.92 Å². The van der Waals surface area contributed by atoms with Crippen molar-refractivity contribution in [2.24, 2.45) is 5.92 Å². The Balaban J connectivity index is 2.37. The molecule has 3 nitrogen and oxygen atoms in total. The number of carboxylic acids is 1. The van der Waals surface area contributed by atoms with Crippen LogP contribution in [0.1, 0.15) is 11.5 Å². The zero-order valence-corrected chi connectivity index (χ0v) is 10.9. The molecule has 0 radical (unpaired) electrons. The Bertz CT molecular complexity index is 452. The van der Waals surface area contributed by atoms with Gasteiger partial charge in [0.25, 0.3) is 0 Å². The Morgan fingerprint density at radius 2 is 2.24 bits per heavy atom. The summed E-state index contributed by atoms with van der Waals surface area (Å²) < 4.78 is 14.5. The first-order chi connectivity index (χ1) is 7.99. The van der Waals surface area contributed by atoms with Crippen LogP contribution in [-0.4, -0.2) is 36.1 Å². The molecule has 1 aromatic rings. The van der Waals surface area contributed by atoms with E-state index in [4.69, 9.17) is 5.11 Å². The number of rotatable bonds is 2. The van der Waals surface area contributed by atoms with Gasteiger partial charge in [-0.15, -0.1) is 0 Å². The SMILES string of the molecule is CN1CC(C(=O)O)C(c2cc(Br)ccc2F)C1. The van der Waals surface area contributed by atoms with E-state index < -0.39 is 11.9 Å². The van der Waals surface area contributed by atoms with E-state index in [2.05, 4.69) is 15.9 Å². The Hall–Kier alpha value is -0.940. The molecule has 0 spiro atoms. The third kappa shape index (κ3) is 2.50. The highest BCUT2D eigenvalue weighted by molar-refractivity contribution is 9.10. The average Bonchev–Trinajstić information content (AvgIpc) is 2.64. The molecule has 92 valence electrons. The maximum absolute atomic E-state index is 13.8. The fourth-order valence-corrected chi connectivity index (χ4v) is 2.74. The van der Waals surface area contributed by atoms with Gasteiger partial charge in [-0.3, -0.25) is 4.79 Å². The molecule has 1 aliphatic rings. The molecule has 0 saturated carbocycles. The molecule has 5 heteroatoms. The molecule has 1 aromatic carbocycles. The summed E-state index contributed by atoms with van der Waals surface area (Å²) in [5, 5.41) is 9.16. The number of carbonyl (C=O) groups is 1. The van der Waals surface area contributed by atoms with Crippen LogP contribution in [0.25, 0.3) is 0 Å². The number of hydrogen-bond acceptors (Lipinski definition) is 2. The first-order valence-corrected chi connectivity index (χ1v) is 6.14. The van der Waals surface area contributed by atoms with E-state index in [9.17, 15) is 9.18 Å². The molecular formula is C12H13BrFNO2. The molecule has 0 amide bonds. The molecule has 1 aliphatic heterocycles. The van der Waals surface area contributed by atoms with Gasteiger partial charge in [0.2, 0.25) is 0 Å². The van der Waals surface area contributed by atoms with Crippen LogP contribution in [0.15, 0.2) is 22.7 Å².